The highest BCUT2D eigenvalue weighted by Crippen LogP contribution is 2.20. The van der Waals surface area contributed by atoms with Crippen LogP contribution in [-0.4, -0.2) is 11.1 Å². The molecule has 20 heavy (non-hydrogen) atoms. The topological polar surface area (TPSA) is 70.3 Å². The highest BCUT2D eigenvalue weighted by Gasteiger charge is 2.10. The van der Waals surface area contributed by atoms with Crippen LogP contribution in [0.3, 0.4) is 0 Å². The van der Waals surface area contributed by atoms with E-state index in [9.17, 15) is 9.18 Å². The van der Waals surface area contributed by atoms with Crippen molar-refractivity contribution in [1.82, 2.24) is 0 Å². The van der Waals surface area contributed by atoms with Crippen molar-refractivity contribution in [3.8, 4) is 11.8 Å². The Balaban J connectivity index is 2.17. The number of carboxylic acids is 1. The predicted octanol–water partition coefficient (Wildman–Crippen LogP) is 2.97. The van der Waals surface area contributed by atoms with Crippen LogP contribution in [0.1, 0.15) is 21.5 Å². The molecule has 2 aromatic carbocycles. The van der Waals surface area contributed by atoms with Crippen LogP contribution in [0, 0.1) is 17.1 Å². The van der Waals surface area contributed by atoms with E-state index in [1.165, 1.54) is 30.3 Å². The molecule has 0 unspecified atom stereocenters. The van der Waals surface area contributed by atoms with E-state index in [-0.39, 0.29) is 23.5 Å². The highest BCUT2D eigenvalue weighted by atomic mass is 19.1. The largest absolute Gasteiger partial charge is 0.488 e. The van der Waals surface area contributed by atoms with E-state index < -0.39 is 11.8 Å². The number of para-hydroxylation sites is 1. The van der Waals surface area contributed by atoms with Crippen molar-refractivity contribution in [2.24, 2.45) is 0 Å². The summed E-state index contributed by atoms with van der Waals surface area (Å²) < 4.78 is 18.6. The molecule has 0 heterocycles. The fraction of sp³-hybridized carbons (Fsp3) is 0.0667. The van der Waals surface area contributed by atoms with Gasteiger partial charge < -0.3 is 9.84 Å². The molecule has 0 saturated heterocycles. The normalized spacial score (nSPS) is 9.80. The van der Waals surface area contributed by atoms with Gasteiger partial charge in [0.1, 0.15) is 29.8 Å². The first-order chi connectivity index (χ1) is 9.61. The first kappa shape index (κ1) is 13.6. The summed E-state index contributed by atoms with van der Waals surface area (Å²) in [7, 11) is 0. The van der Waals surface area contributed by atoms with Crippen molar-refractivity contribution >= 4 is 5.97 Å². The van der Waals surface area contributed by atoms with Gasteiger partial charge in [-0.05, 0) is 29.8 Å². The number of carbonyl (C=O) groups is 1. The summed E-state index contributed by atoms with van der Waals surface area (Å²) in [4.78, 5) is 11.0. The molecule has 4 nitrogen and oxygen atoms in total. The average Bonchev–Trinajstić information content (AvgIpc) is 2.46. The summed E-state index contributed by atoms with van der Waals surface area (Å²) in [5.74, 6) is -1.46. The number of ether oxygens (including phenoxy) is 1. The molecule has 2 rings (SSSR count). The van der Waals surface area contributed by atoms with Gasteiger partial charge in [-0.2, -0.15) is 5.26 Å². The molecule has 0 atom stereocenters. The van der Waals surface area contributed by atoms with Crippen molar-refractivity contribution in [2.45, 2.75) is 6.61 Å². The van der Waals surface area contributed by atoms with Crippen LogP contribution in [0.25, 0.3) is 0 Å². The number of carboxylic acid groups (broad SMARTS) is 1. The van der Waals surface area contributed by atoms with Crippen LogP contribution >= 0.6 is 0 Å². The molecule has 0 aromatic heterocycles. The molecule has 0 bridgehead atoms. The van der Waals surface area contributed by atoms with Gasteiger partial charge in [0.2, 0.25) is 0 Å². The summed E-state index contributed by atoms with van der Waals surface area (Å²) in [6.07, 6.45) is 0. The number of hydrogen-bond donors (Lipinski definition) is 1. The van der Waals surface area contributed by atoms with E-state index in [2.05, 4.69) is 0 Å². The zero-order chi connectivity index (χ0) is 14.5. The van der Waals surface area contributed by atoms with Crippen molar-refractivity contribution in [1.29, 1.82) is 5.26 Å². The standard InChI is InChI=1S/C15H10FNO3/c16-13-6-5-10(7-11(13)8-17)9-20-14-4-2-1-3-12(14)15(18)19/h1-7H,9H2,(H,18,19). The Morgan fingerprint density at radius 2 is 2.05 bits per heavy atom. The second-order valence-electron chi connectivity index (χ2n) is 4.02. The maximum atomic E-state index is 13.2. The highest BCUT2D eigenvalue weighted by molar-refractivity contribution is 5.90. The van der Waals surface area contributed by atoms with Crippen molar-refractivity contribution in [3.63, 3.8) is 0 Å². The molecule has 0 aliphatic carbocycles. The van der Waals surface area contributed by atoms with Gasteiger partial charge in [0, 0.05) is 0 Å². The van der Waals surface area contributed by atoms with Gasteiger partial charge in [-0.15, -0.1) is 0 Å². The molecule has 0 fully saturated rings. The van der Waals surface area contributed by atoms with Gasteiger partial charge in [-0.25, -0.2) is 9.18 Å². The van der Waals surface area contributed by atoms with Gasteiger partial charge >= 0.3 is 5.97 Å². The second kappa shape index (κ2) is 5.85. The van der Waals surface area contributed by atoms with Crippen molar-refractivity contribution in [3.05, 3.63) is 65.0 Å². The first-order valence-electron chi connectivity index (χ1n) is 5.75. The minimum atomic E-state index is -1.09. The zero-order valence-corrected chi connectivity index (χ0v) is 10.3. The number of nitrogens with zero attached hydrogens (tertiary/aromatic N) is 1. The van der Waals surface area contributed by atoms with Crippen molar-refractivity contribution < 1.29 is 19.0 Å². The first-order valence-corrected chi connectivity index (χ1v) is 5.75. The Kier molecular flexibility index (Phi) is 3.96. The third-order valence-corrected chi connectivity index (χ3v) is 2.66. The monoisotopic (exact) mass is 271 g/mol. The lowest BCUT2D eigenvalue weighted by molar-refractivity contribution is 0.0691. The molecule has 0 aliphatic heterocycles. The summed E-state index contributed by atoms with van der Waals surface area (Å²) in [5, 5.41) is 17.7. The molecular formula is C15H10FNO3. The third kappa shape index (κ3) is 2.93. The third-order valence-electron chi connectivity index (χ3n) is 2.66. The van der Waals surface area contributed by atoms with Crippen LogP contribution in [0.15, 0.2) is 42.5 Å². The molecule has 0 spiro atoms. The predicted molar refractivity (Wildman–Crippen MR) is 68.8 cm³/mol. The molecule has 0 radical (unpaired) electrons. The quantitative estimate of drug-likeness (QED) is 0.928. The minimum Gasteiger partial charge on any atom is -0.488 e. The molecule has 2 aromatic rings. The van der Waals surface area contributed by atoms with E-state index in [4.69, 9.17) is 15.1 Å². The summed E-state index contributed by atoms with van der Waals surface area (Å²) in [6, 6.07) is 12.0. The average molecular weight is 271 g/mol. The maximum absolute atomic E-state index is 13.2. The molecule has 100 valence electrons. The zero-order valence-electron chi connectivity index (χ0n) is 10.3. The summed E-state index contributed by atoms with van der Waals surface area (Å²) in [6.45, 7) is 0.0548. The molecule has 0 aliphatic rings. The molecule has 5 heteroatoms. The van der Waals surface area contributed by atoms with Crippen molar-refractivity contribution in [2.75, 3.05) is 0 Å². The maximum Gasteiger partial charge on any atom is 0.339 e. The van der Waals surface area contributed by atoms with Gasteiger partial charge in [-0.3, -0.25) is 0 Å². The van der Waals surface area contributed by atoms with E-state index in [1.807, 2.05) is 0 Å². The number of hydrogen-bond acceptors (Lipinski definition) is 3. The van der Waals surface area contributed by atoms with Gasteiger partial charge in [0.15, 0.2) is 0 Å². The fourth-order valence-electron chi connectivity index (χ4n) is 1.68. The van der Waals surface area contributed by atoms with Crippen LogP contribution in [0.2, 0.25) is 0 Å². The number of benzene rings is 2. The SMILES string of the molecule is N#Cc1cc(COc2ccccc2C(=O)O)ccc1F. The minimum absolute atomic E-state index is 0.0510. The van der Waals surface area contributed by atoms with Gasteiger partial charge in [-0.1, -0.05) is 18.2 Å². The fourth-order valence-corrected chi connectivity index (χ4v) is 1.68. The van der Waals surface area contributed by atoms with Gasteiger partial charge in [0.25, 0.3) is 0 Å². The lowest BCUT2D eigenvalue weighted by Gasteiger charge is -2.09. The van der Waals surface area contributed by atoms with E-state index in [1.54, 1.807) is 18.2 Å². The van der Waals surface area contributed by atoms with E-state index in [0.29, 0.717) is 5.56 Å². The number of aromatic carboxylic acids is 1. The number of nitriles is 1. The Bertz CT molecular complexity index is 692. The van der Waals surface area contributed by atoms with Crippen LogP contribution < -0.4 is 4.74 Å². The summed E-state index contributed by atoms with van der Waals surface area (Å²) >= 11 is 0. The Morgan fingerprint density at radius 1 is 1.30 bits per heavy atom. The Hall–Kier alpha value is -2.87. The molecule has 0 saturated carbocycles. The smallest absolute Gasteiger partial charge is 0.339 e. The lowest BCUT2D eigenvalue weighted by atomic mass is 10.1. The van der Waals surface area contributed by atoms with Gasteiger partial charge in [0.05, 0.1) is 5.56 Å². The lowest BCUT2D eigenvalue weighted by Crippen LogP contribution is -2.03. The molecular weight excluding hydrogens is 261 g/mol. The number of rotatable bonds is 4. The van der Waals surface area contributed by atoms with E-state index >= 15 is 0 Å². The van der Waals surface area contributed by atoms with Crippen LogP contribution in [0.4, 0.5) is 4.39 Å². The van der Waals surface area contributed by atoms with E-state index in [0.717, 1.165) is 0 Å². The van der Waals surface area contributed by atoms with Crippen LogP contribution in [0.5, 0.6) is 5.75 Å². The number of halogens is 1. The Morgan fingerprint density at radius 3 is 2.75 bits per heavy atom. The molecule has 0 amide bonds. The molecule has 1 N–H and O–H groups in total. The van der Waals surface area contributed by atoms with Crippen LogP contribution in [-0.2, 0) is 6.61 Å². The summed E-state index contributed by atoms with van der Waals surface area (Å²) in [5.41, 5.74) is 0.566. The Labute approximate surface area is 114 Å². The second-order valence-corrected chi connectivity index (χ2v) is 4.02.